The van der Waals surface area contributed by atoms with Gasteiger partial charge in [-0.05, 0) is 18.4 Å². The first-order valence-corrected chi connectivity index (χ1v) is 6.38. The first-order valence-electron chi connectivity index (χ1n) is 5.50. The number of thiophene rings is 1. The van der Waals surface area contributed by atoms with Crippen LogP contribution in [0.3, 0.4) is 0 Å². The van der Waals surface area contributed by atoms with Crippen molar-refractivity contribution in [1.82, 2.24) is 5.32 Å². The summed E-state index contributed by atoms with van der Waals surface area (Å²) in [5.41, 5.74) is 0. The van der Waals surface area contributed by atoms with Crippen molar-refractivity contribution in [3.05, 3.63) is 22.4 Å². The number of amides is 1. The molecule has 1 heterocycles. The van der Waals surface area contributed by atoms with E-state index in [0.29, 0.717) is 0 Å². The average Bonchev–Trinajstić information content (AvgIpc) is 2.80. The second-order valence-corrected chi connectivity index (χ2v) is 5.14. The third-order valence-electron chi connectivity index (χ3n) is 2.88. The lowest BCUT2D eigenvalue weighted by molar-refractivity contribution is -0.146. The SMILES string of the molecule is CC(NC(=O)C(C)C(C)C(=O)O)c1cccs1. The molecule has 5 heteroatoms. The normalized spacial score (nSPS) is 15.9. The zero-order chi connectivity index (χ0) is 13.0. The Bertz CT molecular complexity index is 388. The molecule has 1 aromatic rings. The molecule has 1 rings (SSSR count). The number of carboxylic acid groups (broad SMARTS) is 1. The Morgan fingerprint density at radius 3 is 2.41 bits per heavy atom. The molecule has 3 atom stereocenters. The zero-order valence-corrected chi connectivity index (χ0v) is 11.0. The third-order valence-corrected chi connectivity index (χ3v) is 3.94. The Kier molecular flexibility index (Phi) is 4.69. The summed E-state index contributed by atoms with van der Waals surface area (Å²) in [5.74, 6) is -2.38. The molecule has 0 fully saturated rings. The predicted octanol–water partition coefficient (Wildman–Crippen LogP) is 2.28. The van der Waals surface area contributed by atoms with Crippen molar-refractivity contribution in [1.29, 1.82) is 0 Å². The van der Waals surface area contributed by atoms with Gasteiger partial charge in [-0.3, -0.25) is 9.59 Å². The second kappa shape index (κ2) is 5.82. The van der Waals surface area contributed by atoms with Crippen molar-refractivity contribution in [2.75, 3.05) is 0 Å². The molecule has 0 radical (unpaired) electrons. The first kappa shape index (κ1) is 13.7. The minimum Gasteiger partial charge on any atom is -0.481 e. The summed E-state index contributed by atoms with van der Waals surface area (Å²) in [6, 6.07) is 3.79. The predicted molar refractivity (Wildman–Crippen MR) is 66.8 cm³/mol. The molecule has 0 saturated carbocycles. The van der Waals surface area contributed by atoms with E-state index < -0.39 is 17.8 Å². The van der Waals surface area contributed by atoms with Gasteiger partial charge in [-0.1, -0.05) is 19.9 Å². The minimum atomic E-state index is -0.948. The van der Waals surface area contributed by atoms with Crippen LogP contribution in [0.5, 0.6) is 0 Å². The molecule has 0 bridgehead atoms. The standard InChI is InChI=1S/C12H17NO3S/c1-7(8(2)12(15)16)11(14)13-9(3)10-5-4-6-17-10/h4-9H,1-3H3,(H,13,14)(H,15,16). The van der Waals surface area contributed by atoms with Gasteiger partial charge < -0.3 is 10.4 Å². The lowest BCUT2D eigenvalue weighted by atomic mass is 9.95. The lowest BCUT2D eigenvalue weighted by Crippen LogP contribution is -2.36. The number of carbonyl (C=O) groups is 2. The van der Waals surface area contributed by atoms with Gasteiger partial charge in [0.05, 0.1) is 12.0 Å². The van der Waals surface area contributed by atoms with Crippen LogP contribution < -0.4 is 5.32 Å². The van der Waals surface area contributed by atoms with Crippen LogP contribution in [-0.2, 0) is 9.59 Å². The van der Waals surface area contributed by atoms with E-state index in [-0.39, 0.29) is 11.9 Å². The van der Waals surface area contributed by atoms with Crippen molar-refractivity contribution >= 4 is 23.2 Å². The highest BCUT2D eigenvalue weighted by atomic mass is 32.1. The molecule has 0 saturated heterocycles. The van der Waals surface area contributed by atoms with Crippen molar-refractivity contribution in [3.63, 3.8) is 0 Å². The van der Waals surface area contributed by atoms with Crippen LogP contribution in [0.2, 0.25) is 0 Å². The fraction of sp³-hybridized carbons (Fsp3) is 0.500. The Hall–Kier alpha value is -1.36. The van der Waals surface area contributed by atoms with Crippen LogP contribution in [0, 0.1) is 11.8 Å². The van der Waals surface area contributed by atoms with Gasteiger partial charge in [0, 0.05) is 10.8 Å². The first-order chi connectivity index (χ1) is 7.93. The molecule has 0 spiro atoms. The highest BCUT2D eigenvalue weighted by molar-refractivity contribution is 7.10. The van der Waals surface area contributed by atoms with E-state index in [2.05, 4.69) is 5.32 Å². The summed E-state index contributed by atoms with van der Waals surface area (Å²) < 4.78 is 0. The molecule has 2 N–H and O–H groups in total. The van der Waals surface area contributed by atoms with E-state index >= 15 is 0 Å². The maximum Gasteiger partial charge on any atom is 0.307 e. The Balaban J connectivity index is 2.57. The summed E-state index contributed by atoms with van der Waals surface area (Å²) in [6.07, 6.45) is 0. The maximum atomic E-state index is 11.8. The summed E-state index contributed by atoms with van der Waals surface area (Å²) >= 11 is 1.57. The van der Waals surface area contributed by atoms with Crippen LogP contribution in [0.15, 0.2) is 17.5 Å². The topological polar surface area (TPSA) is 66.4 Å². The lowest BCUT2D eigenvalue weighted by Gasteiger charge is -2.19. The van der Waals surface area contributed by atoms with Crippen LogP contribution in [0.4, 0.5) is 0 Å². The van der Waals surface area contributed by atoms with Crippen LogP contribution >= 0.6 is 11.3 Å². The number of hydrogen-bond donors (Lipinski definition) is 2. The van der Waals surface area contributed by atoms with Gasteiger partial charge in [-0.15, -0.1) is 11.3 Å². The number of aliphatic carboxylic acids is 1. The molecule has 94 valence electrons. The molecule has 0 aromatic carbocycles. The maximum absolute atomic E-state index is 11.8. The zero-order valence-electron chi connectivity index (χ0n) is 10.1. The van der Waals surface area contributed by atoms with E-state index in [9.17, 15) is 9.59 Å². The molecular weight excluding hydrogens is 238 g/mol. The molecule has 0 aliphatic carbocycles. The van der Waals surface area contributed by atoms with Crippen LogP contribution in [0.25, 0.3) is 0 Å². The number of rotatable bonds is 5. The van der Waals surface area contributed by atoms with Gasteiger partial charge in [-0.2, -0.15) is 0 Å². The van der Waals surface area contributed by atoms with Crippen LogP contribution in [0.1, 0.15) is 31.7 Å². The number of nitrogens with one attached hydrogen (secondary N) is 1. The molecule has 3 unspecified atom stereocenters. The largest absolute Gasteiger partial charge is 0.481 e. The van der Waals surface area contributed by atoms with Crippen molar-refractivity contribution < 1.29 is 14.7 Å². The van der Waals surface area contributed by atoms with Gasteiger partial charge >= 0.3 is 5.97 Å². The molecule has 0 aliphatic heterocycles. The van der Waals surface area contributed by atoms with Crippen molar-refractivity contribution in [2.24, 2.45) is 11.8 Å². The van der Waals surface area contributed by atoms with Gasteiger partial charge in [0.25, 0.3) is 0 Å². The number of hydrogen-bond acceptors (Lipinski definition) is 3. The molecular formula is C12H17NO3S. The Labute approximate surface area is 105 Å². The third kappa shape index (κ3) is 3.56. The summed E-state index contributed by atoms with van der Waals surface area (Å²) in [4.78, 5) is 23.7. The summed E-state index contributed by atoms with van der Waals surface area (Å²) in [7, 11) is 0. The highest BCUT2D eigenvalue weighted by Gasteiger charge is 2.26. The van der Waals surface area contributed by atoms with E-state index in [4.69, 9.17) is 5.11 Å². The van der Waals surface area contributed by atoms with E-state index in [1.807, 2.05) is 24.4 Å². The summed E-state index contributed by atoms with van der Waals surface area (Å²) in [6.45, 7) is 5.07. The van der Waals surface area contributed by atoms with E-state index in [1.54, 1.807) is 25.2 Å². The van der Waals surface area contributed by atoms with Gasteiger partial charge in [0.15, 0.2) is 0 Å². The number of carboxylic acids is 1. The van der Waals surface area contributed by atoms with E-state index in [1.165, 1.54) is 0 Å². The molecule has 1 aromatic heterocycles. The molecule has 1 amide bonds. The number of carbonyl (C=O) groups excluding carboxylic acids is 1. The van der Waals surface area contributed by atoms with Crippen molar-refractivity contribution in [3.8, 4) is 0 Å². The molecule has 17 heavy (non-hydrogen) atoms. The van der Waals surface area contributed by atoms with Crippen molar-refractivity contribution in [2.45, 2.75) is 26.8 Å². The molecule has 4 nitrogen and oxygen atoms in total. The fourth-order valence-electron chi connectivity index (χ4n) is 1.39. The minimum absolute atomic E-state index is 0.0778. The fourth-order valence-corrected chi connectivity index (χ4v) is 2.13. The smallest absolute Gasteiger partial charge is 0.307 e. The van der Waals surface area contributed by atoms with Gasteiger partial charge in [-0.25, -0.2) is 0 Å². The quantitative estimate of drug-likeness (QED) is 0.848. The monoisotopic (exact) mass is 255 g/mol. The van der Waals surface area contributed by atoms with Gasteiger partial charge in [0.2, 0.25) is 5.91 Å². The summed E-state index contributed by atoms with van der Waals surface area (Å²) in [5, 5.41) is 13.6. The molecule has 0 aliphatic rings. The Morgan fingerprint density at radius 2 is 1.94 bits per heavy atom. The average molecular weight is 255 g/mol. The van der Waals surface area contributed by atoms with E-state index in [0.717, 1.165) is 4.88 Å². The highest BCUT2D eigenvalue weighted by Crippen LogP contribution is 2.19. The van der Waals surface area contributed by atoms with Crippen LogP contribution in [-0.4, -0.2) is 17.0 Å². The second-order valence-electron chi connectivity index (χ2n) is 4.16. The van der Waals surface area contributed by atoms with Gasteiger partial charge in [0.1, 0.15) is 0 Å². The Morgan fingerprint density at radius 1 is 1.29 bits per heavy atom.